The molecule has 0 radical (unpaired) electrons. The highest BCUT2D eigenvalue weighted by atomic mass is 28.4. The molecule has 0 aliphatic carbocycles. The number of aromatic nitrogens is 1. The van der Waals surface area contributed by atoms with Crippen molar-refractivity contribution in [1.29, 1.82) is 0 Å². The Bertz CT molecular complexity index is 600. The molecule has 2 atom stereocenters. The van der Waals surface area contributed by atoms with Crippen molar-refractivity contribution in [3.63, 3.8) is 0 Å². The van der Waals surface area contributed by atoms with Gasteiger partial charge in [-0.1, -0.05) is 41.5 Å². The third-order valence-electron chi connectivity index (χ3n) is 6.95. The second kappa shape index (κ2) is 8.30. The first-order chi connectivity index (χ1) is 12.6. The van der Waals surface area contributed by atoms with Crippen molar-refractivity contribution in [2.24, 2.45) is 0 Å². The predicted molar refractivity (Wildman–Crippen MR) is 124 cm³/mol. The Morgan fingerprint density at radius 3 is 1.61 bits per heavy atom. The van der Waals surface area contributed by atoms with E-state index in [0.29, 0.717) is 0 Å². The molecule has 6 heteroatoms. The fourth-order valence-electron chi connectivity index (χ4n) is 3.03. The van der Waals surface area contributed by atoms with Gasteiger partial charge in [0.15, 0.2) is 16.6 Å². The van der Waals surface area contributed by atoms with Crippen LogP contribution in [0.1, 0.15) is 47.1 Å². The van der Waals surface area contributed by atoms with Crippen LogP contribution in [0.5, 0.6) is 0 Å². The molecule has 1 saturated heterocycles. The largest absolute Gasteiger partial charge is 0.410 e. The van der Waals surface area contributed by atoms with Gasteiger partial charge in [-0.2, -0.15) is 0 Å². The average molecular weight is 423 g/mol. The van der Waals surface area contributed by atoms with E-state index in [4.69, 9.17) is 8.85 Å². The lowest BCUT2D eigenvalue weighted by molar-refractivity contribution is 0.0713. The number of pyridine rings is 1. The number of rotatable bonds is 6. The average Bonchev–Trinajstić information content (AvgIpc) is 2.86. The highest BCUT2D eigenvalue weighted by molar-refractivity contribution is 6.74. The number of hydrogen-bond acceptors (Lipinski definition) is 4. The fourth-order valence-corrected chi connectivity index (χ4v) is 5.70. The summed E-state index contributed by atoms with van der Waals surface area (Å²) in [4.78, 5) is 6.64. The van der Waals surface area contributed by atoms with Gasteiger partial charge in [-0.05, 0) is 54.0 Å². The van der Waals surface area contributed by atoms with Crippen molar-refractivity contribution in [1.82, 2.24) is 9.88 Å². The monoisotopic (exact) mass is 422 g/mol. The molecule has 0 aromatic carbocycles. The summed E-state index contributed by atoms with van der Waals surface area (Å²) in [6, 6.07) is 4.21. The lowest BCUT2D eigenvalue weighted by Crippen LogP contribution is -2.51. The Balaban J connectivity index is 2.19. The summed E-state index contributed by atoms with van der Waals surface area (Å²) in [6.45, 7) is 26.1. The lowest BCUT2D eigenvalue weighted by atomic mass is 10.2. The van der Waals surface area contributed by atoms with Gasteiger partial charge in [-0.3, -0.25) is 9.88 Å². The molecule has 4 nitrogen and oxygen atoms in total. The van der Waals surface area contributed by atoms with E-state index in [9.17, 15) is 0 Å². The van der Waals surface area contributed by atoms with Crippen molar-refractivity contribution in [2.75, 3.05) is 13.1 Å². The summed E-state index contributed by atoms with van der Waals surface area (Å²) >= 11 is 0. The third kappa shape index (κ3) is 5.75. The molecule has 1 aromatic rings. The minimum absolute atomic E-state index is 0.150. The molecule has 28 heavy (non-hydrogen) atoms. The second-order valence-electron chi connectivity index (χ2n) is 11.4. The smallest absolute Gasteiger partial charge is 0.192 e. The van der Waals surface area contributed by atoms with Crippen LogP contribution in [0.3, 0.4) is 0 Å². The van der Waals surface area contributed by atoms with Gasteiger partial charge in [0.25, 0.3) is 0 Å². The van der Waals surface area contributed by atoms with Crippen molar-refractivity contribution in [3.05, 3.63) is 30.1 Å². The van der Waals surface area contributed by atoms with Crippen molar-refractivity contribution >= 4 is 16.6 Å². The van der Waals surface area contributed by atoms with E-state index in [0.717, 1.165) is 19.6 Å². The standard InChI is InChI=1S/C22H42N2O2Si2/c1-21(2,3)27(7,8)25-19-16-24(15-18-11-13-23-14-12-18)17-20(19)26-28(9,10)22(4,5)6/h11-14,19-20H,15-17H2,1-10H3/t19-,20-/m0/s1. The van der Waals surface area contributed by atoms with Gasteiger partial charge >= 0.3 is 0 Å². The molecule has 1 aliphatic heterocycles. The lowest BCUT2D eigenvalue weighted by Gasteiger charge is -2.43. The maximum Gasteiger partial charge on any atom is 0.192 e. The van der Waals surface area contributed by atoms with Crippen LogP contribution in [0.2, 0.25) is 36.3 Å². The Morgan fingerprint density at radius 1 is 0.857 bits per heavy atom. The summed E-state index contributed by atoms with van der Waals surface area (Å²) in [5.41, 5.74) is 1.30. The zero-order valence-corrected chi connectivity index (χ0v) is 21.8. The maximum atomic E-state index is 6.88. The minimum Gasteiger partial charge on any atom is -0.410 e. The van der Waals surface area contributed by atoms with Gasteiger partial charge in [0, 0.05) is 32.0 Å². The van der Waals surface area contributed by atoms with Gasteiger partial charge in [0.2, 0.25) is 0 Å². The van der Waals surface area contributed by atoms with Crippen LogP contribution in [-0.2, 0) is 15.4 Å². The molecule has 1 aromatic heterocycles. The summed E-state index contributed by atoms with van der Waals surface area (Å²) < 4.78 is 13.8. The van der Waals surface area contributed by atoms with Gasteiger partial charge < -0.3 is 8.85 Å². The van der Waals surface area contributed by atoms with E-state index in [1.165, 1.54) is 5.56 Å². The quantitative estimate of drug-likeness (QED) is 0.553. The van der Waals surface area contributed by atoms with E-state index >= 15 is 0 Å². The first-order valence-electron chi connectivity index (χ1n) is 10.6. The molecule has 1 fully saturated rings. The van der Waals surface area contributed by atoms with Crippen LogP contribution in [0.25, 0.3) is 0 Å². The van der Waals surface area contributed by atoms with Crippen molar-refractivity contribution in [3.8, 4) is 0 Å². The van der Waals surface area contributed by atoms with Crippen LogP contribution in [0.15, 0.2) is 24.5 Å². The Morgan fingerprint density at radius 2 is 1.25 bits per heavy atom. The number of likely N-dealkylation sites (tertiary alicyclic amines) is 1. The van der Waals surface area contributed by atoms with E-state index in [2.05, 4.69) is 89.7 Å². The Labute approximate surface area is 175 Å². The Kier molecular flexibility index (Phi) is 7.04. The topological polar surface area (TPSA) is 34.6 Å². The minimum atomic E-state index is -1.86. The van der Waals surface area contributed by atoms with Gasteiger partial charge in [-0.25, -0.2) is 0 Å². The molecule has 1 aliphatic rings. The maximum absolute atomic E-state index is 6.88. The highest BCUT2D eigenvalue weighted by Crippen LogP contribution is 2.41. The van der Waals surface area contributed by atoms with Crippen LogP contribution < -0.4 is 0 Å². The molecular weight excluding hydrogens is 380 g/mol. The fraction of sp³-hybridized carbons (Fsp3) is 0.773. The molecule has 0 spiro atoms. The first kappa shape index (κ1) is 23.7. The molecule has 160 valence electrons. The normalized spacial score (nSPS) is 22.6. The van der Waals surface area contributed by atoms with Crippen LogP contribution in [0.4, 0.5) is 0 Å². The van der Waals surface area contributed by atoms with Crippen LogP contribution >= 0.6 is 0 Å². The molecule has 2 rings (SSSR count). The van der Waals surface area contributed by atoms with Crippen LogP contribution in [-0.4, -0.2) is 51.8 Å². The van der Waals surface area contributed by atoms with Crippen molar-refractivity contribution < 1.29 is 8.85 Å². The zero-order chi connectivity index (χ0) is 21.4. The molecule has 0 bridgehead atoms. The SMILES string of the molecule is CC(C)(C)[Si](C)(C)O[C@H]1CN(Cc2ccncc2)C[C@@H]1O[Si](C)(C)C(C)(C)C. The number of nitrogens with zero attached hydrogens (tertiary/aromatic N) is 2. The summed E-state index contributed by atoms with van der Waals surface area (Å²) in [7, 11) is -3.71. The van der Waals surface area contributed by atoms with E-state index in [-0.39, 0.29) is 22.3 Å². The van der Waals surface area contributed by atoms with Gasteiger partial charge in [0.05, 0.1) is 12.2 Å². The summed E-state index contributed by atoms with van der Waals surface area (Å²) in [5, 5.41) is 0.403. The first-order valence-corrected chi connectivity index (χ1v) is 16.4. The molecule has 0 N–H and O–H groups in total. The number of hydrogen-bond donors (Lipinski definition) is 0. The Hall–Kier alpha value is -0.536. The molecule has 0 amide bonds. The van der Waals surface area contributed by atoms with E-state index in [1.807, 2.05) is 12.4 Å². The van der Waals surface area contributed by atoms with Gasteiger partial charge in [0.1, 0.15) is 0 Å². The highest BCUT2D eigenvalue weighted by Gasteiger charge is 2.47. The molecule has 0 unspecified atom stereocenters. The van der Waals surface area contributed by atoms with Crippen LogP contribution in [0, 0.1) is 0 Å². The zero-order valence-electron chi connectivity index (χ0n) is 19.8. The predicted octanol–water partition coefficient (Wildman–Crippen LogP) is 5.68. The molecule has 2 heterocycles. The van der Waals surface area contributed by atoms with Gasteiger partial charge in [-0.15, -0.1) is 0 Å². The second-order valence-corrected chi connectivity index (χ2v) is 20.9. The van der Waals surface area contributed by atoms with Crippen molar-refractivity contribution in [2.45, 2.75) is 96.6 Å². The third-order valence-corrected chi connectivity index (χ3v) is 16.0. The van der Waals surface area contributed by atoms with E-state index < -0.39 is 16.6 Å². The summed E-state index contributed by atoms with van der Waals surface area (Å²) in [6.07, 6.45) is 4.05. The van der Waals surface area contributed by atoms with E-state index in [1.54, 1.807) is 0 Å². The molecular formula is C22H42N2O2Si2. The summed E-state index contributed by atoms with van der Waals surface area (Å²) in [5.74, 6) is 0. The molecule has 0 saturated carbocycles.